The summed E-state index contributed by atoms with van der Waals surface area (Å²) in [6, 6.07) is 0. The van der Waals surface area contributed by atoms with Gasteiger partial charge in [0.2, 0.25) is 5.89 Å². The predicted molar refractivity (Wildman–Crippen MR) is 63.0 cm³/mol. The van der Waals surface area contributed by atoms with Gasteiger partial charge in [0.15, 0.2) is 5.82 Å². The summed E-state index contributed by atoms with van der Waals surface area (Å²) in [5, 5.41) is 12.6. The second-order valence-electron chi connectivity index (χ2n) is 4.53. The Morgan fingerprint density at radius 1 is 1.33 bits per heavy atom. The number of aryl methyl sites for hydroxylation is 1. The van der Waals surface area contributed by atoms with Crippen LogP contribution in [0.15, 0.2) is 4.52 Å². The van der Waals surface area contributed by atoms with Crippen molar-refractivity contribution in [3.05, 3.63) is 11.7 Å². The van der Waals surface area contributed by atoms with Gasteiger partial charge in [0.05, 0.1) is 13.1 Å². The summed E-state index contributed by atoms with van der Waals surface area (Å²) in [6.07, 6.45) is 0.962. The number of aromatic nitrogens is 2. The predicted octanol–water partition coefficient (Wildman–Crippen LogP) is -0.0297. The Morgan fingerprint density at radius 3 is 2.72 bits per heavy atom. The maximum Gasteiger partial charge on any atom is 0.317 e. The highest BCUT2D eigenvalue weighted by molar-refractivity contribution is 5.69. The smallest absolute Gasteiger partial charge is 0.317 e. The maximum absolute atomic E-state index is 10.7. The van der Waals surface area contributed by atoms with Gasteiger partial charge in [-0.15, -0.1) is 0 Å². The molecule has 7 nitrogen and oxygen atoms in total. The van der Waals surface area contributed by atoms with Gasteiger partial charge < -0.3 is 9.63 Å². The van der Waals surface area contributed by atoms with Crippen molar-refractivity contribution in [3.63, 3.8) is 0 Å². The van der Waals surface area contributed by atoms with Crippen molar-refractivity contribution in [1.82, 2.24) is 19.9 Å². The molecule has 1 aliphatic rings. The number of aliphatic carboxylic acids is 1. The molecule has 1 aromatic heterocycles. The summed E-state index contributed by atoms with van der Waals surface area (Å²) >= 11 is 0. The molecule has 2 heterocycles. The second kappa shape index (κ2) is 5.92. The lowest BCUT2D eigenvalue weighted by atomic mass is 10.3. The van der Waals surface area contributed by atoms with E-state index in [0.717, 1.165) is 32.6 Å². The van der Waals surface area contributed by atoms with Gasteiger partial charge in [0.1, 0.15) is 0 Å². The molecule has 0 amide bonds. The Labute approximate surface area is 105 Å². The van der Waals surface area contributed by atoms with E-state index in [1.54, 1.807) is 6.92 Å². The van der Waals surface area contributed by atoms with E-state index in [-0.39, 0.29) is 6.54 Å². The minimum Gasteiger partial charge on any atom is -0.480 e. The lowest BCUT2D eigenvalue weighted by Crippen LogP contribution is -2.34. The molecule has 0 atom stereocenters. The third kappa shape index (κ3) is 3.78. The number of rotatable bonds is 4. The normalized spacial score (nSPS) is 18.7. The molecular weight excluding hydrogens is 236 g/mol. The van der Waals surface area contributed by atoms with E-state index >= 15 is 0 Å². The fraction of sp³-hybridized carbons (Fsp3) is 0.727. The fourth-order valence-electron chi connectivity index (χ4n) is 2.14. The topological polar surface area (TPSA) is 82.7 Å². The van der Waals surface area contributed by atoms with Gasteiger partial charge in [0.25, 0.3) is 0 Å². The van der Waals surface area contributed by atoms with Crippen LogP contribution >= 0.6 is 0 Å². The summed E-state index contributed by atoms with van der Waals surface area (Å²) < 4.78 is 4.94. The van der Waals surface area contributed by atoms with Crippen LogP contribution in [0.4, 0.5) is 0 Å². The van der Waals surface area contributed by atoms with Crippen molar-refractivity contribution < 1.29 is 14.4 Å². The summed E-state index contributed by atoms with van der Waals surface area (Å²) in [5.74, 6) is 0.503. The molecule has 1 aromatic rings. The van der Waals surface area contributed by atoms with Gasteiger partial charge in [-0.1, -0.05) is 5.16 Å². The van der Waals surface area contributed by atoms with Crippen molar-refractivity contribution in [2.75, 3.05) is 32.7 Å². The molecule has 2 rings (SSSR count). The molecule has 1 N–H and O–H groups in total. The standard InChI is InChI=1S/C11H18N4O3/c1-9-12-10(13-18-9)7-14-3-2-4-15(6-5-14)8-11(16)17/h2-8H2,1H3,(H,16,17). The molecule has 7 heteroatoms. The Morgan fingerprint density at radius 2 is 2.06 bits per heavy atom. The molecular formula is C11H18N4O3. The molecule has 18 heavy (non-hydrogen) atoms. The number of carboxylic acid groups (broad SMARTS) is 1. The highest BCUT2D eigenvalue weighted by Crippen LogP contribution is 2.07. The first-order valence-corrected chi connectivity index (χ1v) is 6.09. The third-order valence-corrected chi connectivity index (χ3v) is 2.97. The Bertz CT molecular complexity index is 407. The van der Waals surface area contributed by atoms with Gasteiger partial charge >= 0.3 is 5.97 Å². The van der Waals surface area contributed by atoms with Crippen molar-refractivity contribution >= 4 is 5.97 Å². The molecule has 1 saturated heterocycles. The largest absolute Gasteiger partial charge is 0.480 e. The third-order valence-electron chi connectivity index (χ3n) is 2.97. The number of carbonyl (C=O) groups is 1. The van der Waals surface area contributed by atoms with Crippen molar-refractivity contribution in [2.24, 2.45) is 0 Å². The molecule has 0 radical (unpaired) electrons. The van der Waals surface area contributed by atoms with Crippen LogP contribution in [-0.2, 0) is 11.3 Å². The molecule has 0 aromatic carbocycles. The van der Waals surface area contributed by atoms with Gasteiger partial charge in [-0.2, -0.15) is 4.98 Å². The van der Waals surface area contributed by atoms with Crippen molar-refractivity contribution in [2.45, 2.75) is 19.9 Å². The molecule has 100 valence electrons. The summed E-state index contributed by atoms with van der Waals surface area (Å²) in [5.41, 5.74) is 0. The van der Waals surface area contributed by atoms with E-state index in [9.17, 15) is 4.79 Å². The van der Waals surface area contributed by atoms with Crippen LogP contribution in [0, 0.1) is 6.92 Å². The first-order chi connectivity index (χ1) is 8.63. The SMILES string of the molecule is Cc1nc(CN2CCCN(CC(=O)O)CC2)no1. The zero-order valence-corrected chi connectivity index (χ0v) is 10.5. The molecule has 0 spiro atoms. The van der Waals surface area contributed by atoms with E-state index in [1.807, 2.05) is 4.90 Å². The van der Waals surface area contributed by atoms with Gasteiger partial charge in [-0.05, 0) is 13.0 Å². The van der Waals surface area contributed by atoms with E-state index < -0.39 is 5.97 Å². The monoisotopic (exact) mass is 254 g/mol. The Hall–Kier alpha value is -1.47. The number of carboxylic acids is 1. The van der Waals surface area contributed by atoms with Crippen LogP contribution in [0.2, 0.25) is 0 Å². The molecule has 1 fully saturated rings. The van der Waals surface area contributed by atoms with Crippen LogP contribution in [0.25, 0.3) is 0 Å². The zero-order chi connectivity index (χ0) is 13.0. The number of hydrogen-bond donors (Lipinski definition) is 1. The Balaban J connectivity index is 1.83. The summed E-state index contributed by atoms with van der Waals surface area (Å²) in [6.45, 7) is 5.92. The zero-order valence-electron chi connectivity index (χ0n) is 10.5. The summed E-state index contributed by atoms with van der Waals surface area (Å²) in [7, 11) is 0. The average Bonchev–Trinajstić information content (AvgIpc) is 2.57. The number of hydrogen-bond acceptors (Lipinski definition) is 6. The van der Waals surface area contributed by atoms with Gasteiger partial charge in [0, 0.05) is 26.6 Å². The van der Waals surface area contributed by atoms with Crippen LogP contribution in [0.1, 0.15) is 18.1 Å². The van der Waals surface area contributed by atoms with Crippen LogP contribution in [0.5, 0.6) is 0 Å². The highest BCUT2D eigenvalue weighted by atomic mass is 16.5. The molecule has 0 saturated carbocycles. The van der Waals surface area contributed by atoms with E-state index in [0.29, 0.717) is 18.3 Å². The molecule has 1 aliphatic heterocycles. The fourth-order valence-corrected chi connectivity index (χ4v) is 2.14. The highest BCUT2D eigenvalue weighted by Gasteiger charge is 2.18. The first-order valence-electron chi connectivity index (χ1n) is 6.09. The minimum absolute atomic E-state index is 0.120. The van der Waals surface area contributed by atoms with Crippen molar-refractivity contribution in [1.29, 1.82) is 0 Å². The van der Waals surface area contributed by atoms with Crippen LogP contribution in [0.3, 0.4) is 0 Å². The molecule has 0 unspecified atom stereocenters. The average molecular weight is 254 g/mol. The first kappa shape index (κ1) is 13.0. The van der Waals surface area contributed by atoms with Crippen molar-refractivity contribution in [3.8, 4) is 0 Å². The van der Waals surface area contributed by atoms with Gasteiger partial charge in [-0.25, -0.2) is 0 Å². The molecule has 0 aliphatic carbocycles. The number of nitrogens with zero attached hydrogens (tertiary/aromatic N) is 4. The van der Waals surface area contributed by atoms with Crippen LogP contribution < -0.4 is 0 Å². The Kier molecular flexibility index (Phi) is 4.27. The molecule has 0 bridgehead atoms. The quantitative estimate of drug-likeness (QED) is 0.807. The second-order valence-corrected chi connectivity index (χ2v) is 4.53. The van der Waals surface area contributed by atoms with E-state index in [4.69, 9.17) is 9.63 Å². The minimum atomic E-state index is -0.766. The summed E-state index contributed by atoms with van der Waals surface area (Å²) in [4.78, 5) is 19.0. The lowest BCUT2D eigenvalue weighted by molar-refractivity contribution is -0.138. The van der Waals surface area contributed by atoms with E-state index in [1.165, 1.54) is 0 Å². The van der Waals surface area contributed by atoms with Gasteiger partial charge in [-0.3, -0.25) is 14.6 Å². The van der Waals surface area contributed by atoms with E-state index in [2.05, 4.69) is 15.0 Å². The maximum atomic E-state index is 10.7. The lowest BCUT2D eigenvalue weighted by Gasteiger charge is -2.19. The van der Waals surface area contributed by atoms with Crippen LogP contribution in [-0.4, -0.2) is 63.7 Å².